The molecule has 5 nitrogen and oxygen atoms in total. The Bertz CT molecular complexity index is 671. The zero-order valence-corrected chi connectivity index (χ0v) is 9.64. The van der Waals surface area contributed by atoms with Gasteiger partial charge >= 0.3 is 0 Å². The Kier molecular flexibility index (Phi) is 2.59. The van der Waals surface area contributed by atoms with Crippen molar-refractivity contribution < 1.29 is 5.11 Å². The third kappa shape index (κ3) is 1.56. The zero-order valence-electron chi connectivity index (χ0n) is 9.64. The second-order valence-corrected chi connectivity index (χ2v) is 3.82. The summed E-state index contributed by atoms with van der Waals surface area (Å²) in [4.78, 5) is 12.1. The molecule has 17 heavy (non-hydrogen) atoms. The van der Waals surface area contributed by atoms with Gasteiger partial charge in [0.05, 0.1) is 11.2 Å². The van der Waals surface area contributed by atoms with Crippen molar-refractivity contribution in [3.8, 4) is 5.75 Å². The third-order valence-corrected chi connectivity index (χ3v) is 2.83. The number of aromatic nitrogens is 1. The fourth-order valence-electron chi connectivity index (χ4n) is 1.87. The van der Waals surface area contributed by atoms with Crippen LogP contribution in [0.4, 0.5) is 0 Å². The smallest absolute Gasteiger partial charge is 0.263 e. The summed E-state index contributed by atoms with van der Waals surface area (Å²) >= 11 is 0. The molecule has 0 bridgehead atoms. The molecule has 0 unspecified atom stereocenters. The number of fused-ring (bicyclic) bond motifs is 1. The number of pyridine rings is 1. The first-order valence-corrected chi connectivity index (χ1v) is 5.13. The molecule has 0 fully saturated rings. The number of para-hydroxylation sites is 1. The van der Waals surface area contributed by atoms with Gasteiger partial charge in [0.2, 0.25) is 0 Å². The summed E-state index contributed by atoms with van der Waals surface area (Å²) in [6, 6.07) is 7.13. The van der Waals surface area contributed by atoms with Crippen molar-refractivity contribution in [3.63, 3.8) is 0 Å². The molecule has 0 saturated heterocycles. The second-order valence-electron chi connectivity index (χ2n) is 3.82. The lowest BCUT2D eigenvalue weighted by Gasteiger charge is -2.10. The highest BCUT2D eigenvalue weighted by molar-refractivity contribution is 6.05. The SMILES string of the molecule is C/C(=N/N)c1c(O)c2ccccc2n(C)c1=O. The maximum atomic E-state index is 12.1. The summed E-state index contributed by atoms with van der Waals surface area (Å²) in [7, 11) is 1.65. The van der Waals surface area contributed by atoms with E-state index in [1.165, 1.54) is 4.57 Å². The van der Waals surface area contributed by atoms with Crippen molar-refractivity contribution in [2.75, 3.05) is 0 Å². The molecular formula is C12H13N3O2. The van der Waals surface area contributed by atoms with E-state index in [0.29, 0.717) is 16.6 Å². The van der Waals surface area contributed by atoms with Gasteiger partial charge in [-0.3, -0.25) is 4.79 Å². The Morgan fingerprint density at radius 3 is 2.71 bits per heavy atom. The Labute approximate surface area is 97.8 Å². The number of benzene rings is 1. The van der Waals surface area contributed by atoms with Crippen LogP contribution in [0, 0.1) is 0 Å². The van der Waals surface area contributed by atoms with E-state index in [1.54, 1.807) is 32.2 Å². The predicted octanol–water partition coefficient (Wildman–Crippen LogP) is 0.927. The predicted molar refractivity (Wildman–Crippen MR) is 67.3 cm³/mol. The topological polar surface area (TPSA) is 80.6 Å². The van der Waals surface area contributed by atoms with Crippen LogP contribution in [0.25, 0.3) is 10.9 Å². The molecule has 0 amide bonds. The van der Waals surface area contributed by atoms with E-state index in [4.69, 9.17) is 5.84 Å². The van der Waals surface area contributed by atoms with Crippen LogP contribution in [-0.2, 0) is 7.05 Å². The van der Waals surface area contributed by atoms with Crippen LogP contribution in [0.3, 0.4) is 0 Å². The first-order valence-electron chi connectivity index (χ1n) is 5.13. The average Bonchev–Trinajstić information content (AvgIpc) is 2.36. The van der Waals surface area contributed by atoms with Gasteiger partial charge in [-0.05, 0) is 19.1 Å². The molecule has 0 spiro atoms. The molecule has 5 heteroatoms. The number of hydrogen-bond donors (Lipinski definition) is 2. The lowest BCUT2D eigenvalue weighted by atomic mass is 10.1. The monoisotopic (exact) mass is 231 g/mol. The van der Waals surface area contributed by atoms with Crippen LogP contribution in [0.2, 0.25) is 0 Å². The van der Waals surface area contributed by atoms with Crippen molar-refractivity contribution in [1.82, 2.24) is 4.57 Å². The van der Waals surface area contributed by atoms with Crippen LogP contribution in [0.1, 0.15) is 12.5 Å². The van der Waals surface area contributed by atoms with Gasteiger partial charge in [0, 0.05) is 12.4 Å². The van der Waals surface area contributed by atoms with Crippen LogP contribution < -0.4 is 11.4 Å². The number of hydrogen-bond acceptors (Lipinski definition) is 4. The second kappa shape index (κ2) is 3.93. The summed E-state index contributed by atoms with van der Waals surface area (Å²) in [6.45, 7) is 1.59. The van der Waals surface area contributed by atoms with E-state index >= 15 is 0 Å². The average molecular weight is 231 g/mol. The maximum absolute atomic E-state index is 12.1. The largest absolute Gasteiger partial charge is 0.506 e. The summed E-state index contributed by atoms with van der Waals surface area (Å²) < 4.78 is 1.47. The van der Waals surface area contributed by atoms with Gasteiger partial charge in [0.15, 0.2) is 0 Å². The molecule has 88 valence electrons. The zero-order chi connectivity index (χ0) is 12.6. The summed E-state index contributed by atoms with van der Waals surface area (Å²) in [6.07, 6.45) is 0. The van der Waals surface area contributed by atoms with Gasteiger partial charge in [-0.1, -0.05) is 12.1 Å². The van der Waals surface area contributed by atoms with E-state index in [9.17, 15) is 9.90 Å². The van der Waals surface area contributed by atoms with E-state index in [2.05, 4.69) is 5.10 Å². The van der Waals surface area contributed by atoms with Gasteiger partial charge in [0.25, 0.3) is 5.56 Å². The number of nitrogens with two attached hydrogens (primary N) is 1. The van der Waals surface area contributed by atoms with Gasteiger partial charge in [-0.15, -0.1) is 0 Å². The van der Waals surface area contributed by atoms with Gasteiger partial charge in [-0.25, -0.2) is 0 Å². The fourth-order valence-corrected chi connectivity index (χ4v) is 1.87. The van der Waals surface area contributed by atoms with Crippen molar-refractivity contribution in [3.05, 3.63) is 40.2 Å². The van der Waals surface area contributed by atoms with Crippen LogP contribution >= 0.6 is 0 Å². The molecule has 2 rings (SSSR count). The summed E-state index contributed by atoms with van der Waals surface area (Å²) in [5, 5.41) is 14.2. The lowest BCUT2D eigenvalue weighted by Crippen LogP contribution is -2.24. The molecule has 0 aliphatic carbocycles. The highest BCUT2D eigenvalue weighted by Gasteiger charge is 2.16. The normalized spacial score (nSPS) is 12.0. The molecule has 0 aliphatic rings. The van der Waals surface area contributed by atoms with Crippen molar-refractivity contribution in [1.29, 1.82) is 0 Å². The number of aromatic hydroxyl groups is 1. The van der Waals surface area contributed by atoms with Crippen LogP contribution in [0.15, 0.2) is 34.2 Å². The Hall–Kier alpha value is -2.30. The quantitative estimate of drug-likeness (QED) is 0.435. The van der Waals surface area contributed by atoms with E-state index in [0.717, 1.165) is 0 Å². The van der Waals surface area contributed by atoms with Crippen molar-refractivity contribution in [2.24, 2.45) is 18.0 Å². The fraction of sp³-hybridized carbons (Fsp3) is 0.167. The van der Waals surface area contributed by atoms with E-state index in [-0.39, 0.29) is 16.9 Å². The van der Waals surface area contributed by atoms with Gasteiger partial charge < -0.3 is 15.5 Å². The summed E-state index contributed by atoms with van der Waals surface area (Å²) in [5.41, 5.74) is 0.819. The molecule has 0 saturated carbocycles. The highest BCUT2D eigenvalue weighted by Crippen LogP contribution is 2.25. The Balaban J connectivity index is 3.02. The van der Waals surface area contributed by atoms with E-state index in [1.807, 2.05) is 6.07 Å². The maximum Gasteiger partial charge on any atom is 0.263 e. The lowest BCUT2D eigenvalue weighted by molar-refractivity contribution is 0.478. The Morgan fingerprint density at radius 1 is 1.41 bits per heavy atom. The third-order valence-electron chi connectivity index (χ3n) is 2.83. The minimum absolute atomic E-state index is 0.0737. The first kappa shape index (κ1) is 11.2. The molecule has 1 aromatic carbocycles. The Morgan fingerprint density at radius 2 is 2.06 bits per heavy atom. The molecule has 1 heterocycles. The van der Waals surface area contributed by atoms with Crippen LogP contribution in [0.5, 0.6) is 5.75 Å². The van der Waals surface area contributed by atoms with Crippen molar-refractivity contribution in [2.45, 2.75) is 6.92 Å². The van der Waals surface area contributed by atoms with E-state index < -0.39 is 0 Å². The molecule has 0 atom stereocenters. The number of nitrogens with zero attached hydrogens (tertiary/aromatic N) is 2. The standard InChI is InChI=1S/C12H13N3O2/c1-7(14-13)10-11(16)8-5-3-4-6-9(8)15(2)12(10)17/h3-6,16H,13H2,1-2H3/b14-7-. The van der Waals surface area contributed by atoms with Gasteiger partial charge in [0.1, 0.15) is 11.3 Å². The molecule has 0 aliphatic heterocycles. The minimum Gasteiger partial charge on any atom is -0.506 e. The number of hydrazone groups is 1. The highest BCUT2D eigenvalue weighted by atomic mass is 16.3. The molecule has 2 aromatic rings. The molecule has 3 N–H and O–H groups in total. The molecule has 1 aromatic heterocycles. The number of rotatable bonds is 1. The molecule has 0 radical (unpaired) electrons. The first-order chi connectivity index (χ1) is 8.07. The number of aryl methyl sites for hydroxylation is 1. The summed E-state index contributed by atoms with van der Waals surface area (Å²) in [5.74, 6) is 5.09. The minimum atomic E-state index is -0.312. The van der Waals surface area contributed by atoms with Gasteiger partial charge in [-0.2, -0.15) is 5.10 Å². The van der Waals surface area contributed by atoms with Crippen molar-refractivity contribution >= 4 is 16.6 Å². The van der Waals surface area contributed by atoms with Crippen LogP contribution in [-0.4, -0.2) is 15.4 Å². The molecular weight excluding hydrogens is 218 g/mol.